The first-order valence-electron chi connectivity index (χ1n) is 10.9. The van der Waals surface area contributed by atoms with Gasteiger partial charge in [-0.3, -0.25) is 4.99 Å². The zero-order chi connectivity index (χ0) is 20.8. The first-order valence-corrected chi connectivity index (χ1v) is 10.9. The Hall–Kier alpha value is -1.73. The highest BCUT2D eigenvalue weighted by Crippen LogP contribution is 2.25. The molecule has 3 rings (SSSR count). The van der Waals surface area contributed by atoms with Gasteiger partial charge in [-0.05, 0) is 71.4 Å². The standard InChI is InChI=1S/C22H35F2N5/c1-4-25-22(29-13-10-17(16-29)15-28-11-5-6-12-28)26-14-20(27(2)3)21-18(23)8-7-9-19(21)24/h7-9,17,20H,4-6,10-16H2,1-3H3,(H,25,26). The van der Waals surface area contributed by atoms with E-state index in [-0.39, 0.29) is 5.56 Å². The molecule has 1 N–H and O–H groups in total. The van der Waals surface area contributed by atoms with Gasteiger partial charge in [0.25, 0.3) is 0 Å². The number of rotatable bonds is 7. The summed E-state index contributed by atoms with van der Waals surface area (Å²) >= 11 is 0. The summed E-state index contributed by atoms with van der Waals surface area (Å²) < 4.78 is 28.7. The minimum Gasteiger partial charge on any atom is -0.357 e. The number of likely N-dealkylation sites (N-methyl/N-ethyl adjacent to an activating group) is 1. The molecule has 2 saturated heterocycles. The third-order valence-electron chi connectivity index (χ3n) is 6.01. The lowest BCUT2D eigenvalue weighted by Crippen LogP contribution is -2.41. The van der Waals surface area contributed by atoms with Crippen molar-refractivity contribution in [3.63, 3.8) is 0 Å². The highest BCUT2D eigenvalue weighted by Gasteiger charge is 2.28. The van der Waals surface area contributed by atoms with E-state index in [1.54, 1.807) is 0 Å². The number of likely N-dealkylation sites (tertiary alicyclic amines) is 2. The van der Waals surface area contributed by atoms with Crippen molar-refractivity contribution in [1.29, 1.82) is 0 Å². The Morgan fingerprint density at radius 3 is 2.52 bits per heavy atom. The molecular weight excluding hydrogens is 372 g/mol. The zero-order valence-corrected chi connectivity index (χ0v) is 18.0. The lowest BCUT2D eigenvalue weighted by Gasteiger charge is -2.26. The number of hydrogen-bond donors (Lipinski definition) is 1. The van der Waals surface area contributed by atoms with Crippen LogP contribution in [0, 0.1) is 17.6 Å². The van der Waals surface area contributed by atoms with Crippen LogP contribution in [0.25, 0.3) is 0 Å². The number of halogens is 2. The fourth-order valence-electron chi connectivity index (χ4n) is 4.44. The van der Waals surface area contributed by atoms with Crippen LogP contribution in [0.5, 0.6) is 0 Å². The molecule has 1 aromatic carbocycles. The molecule has 0 aliphatic carbocycles. The van der Waals surface area contributed by atoms with Crippen molar-refractivity contribution in [3.8, 4) is 0 Å². The Morgan fingerprint density at radius 1 is 1.21 bits per heavy atom. The van der Waals surface area contributed by atoms with E-state index in [2.05, 4.69) is 15.1 Å². The highest BCUT2D eigenvalue weighted by molar-refractivity contribution is 5.80. The molecule has 0 spiro atoms. The van der Waals surface area contributed by atoms with Gasteiger partial charge in [0, 0.05) is 31.7 Å². The molecule has 162 valence electrons. The summed E-state index contributed by atoms with van der Waals surface area (Å²) in [6.07, 6.45) is 3.80. The van der Waals surface area contributed by atoms with Crippen LogP contribution in [0.4, 0.5) is 8.78 Å². The molecule has 1 aromatic rings. The van der Waals surface area contributed by atoms with Crippen molar-refractivity contribution in [1.82, 2.24) is 20.0 Å². The van der Waals surface area contributed by atoms with E-state index in [1.807, 2.05) is 25.9 Å². The lowest BCUT2D eigenvalue weighted by molar-refractivity contribution is 0.279. The minimum atomic E-state index is -0.518. The molecule has 7 heteroatoms. The average Bonchev–Trinajstić information content (AvgIpc) is 3.35. The number of nitrogens with zero attached hydrogens (tertiary/aromatic N) is 4. The largest absolute Gasteiger partial charge is 0.357 e. The maximum atomic E-state index is 14.3. The van der Waals surface area contributed by atoms with Crippen LogP contribution in [-0.4, -0.2) is 80.6 Å². The summed E-state index contributed by atoms with van der Waals surface area (Å²) in [7, 11) is 3.67. The minimum absolute atomic E-state index is 0.0884. The number of aliphatic imine (C=N–C) groups is 1. The van der Waals surface area contributed by atoms with Gasteiger partial charge in [-0.2, -0.15) is 0 Å². The Balaban J connectivity index is 1.69. The molecule has 0 amide bonds. The van der Waals surface area contributed by atoms with Crippen LogP contribution in [0.1, 0.15) is 37.8 Å². The van der Waals surface area contributed by atoms with Gasteiger partial charge in [0.15, 0.2) is 5.96 Å². The Morgan fingerprint density at radius 2 is 1.90 bits per heavy atom. The predicted molar refractivity (Wildman–Crippen MR) is 114 cm³/mol. The second-order valence-electron chi connectivity index (χ2n) is 8.42. The molecule has 2 unspecified atom stereocenters. The van der Waals surface area contributed by atoms with Gasteiger partial charge in [-0.25, -0.2) is 8.78 Å². The van der Waals surface area contributed by atoms with Crippen molar-refractivity contribution in [2.75, 3.05) is 59.9 Å². The number of hydrogen-bond acceptors (Lipinski definition) is 3. The smallest absolute Gasteiger partial charge is 0.193 e. The van der Waals surface area contributed by atoms with E-state index >= 15 is 0 Å². The van der Waals surface area contributed by atoms with Crippen LogP contribution in [0.2, 0.25) is 0 Å². The number of guanidine groups is 1. The van der Waals surface area contributed by atoms with E-state index < -0.39 is 17.7 Å². The van der Waals surface area contributed by atoms with Gasteiger partial charge in [0.05, 0.1) is 12.6 Å². The summed E-state index contributed by atoms with van der Waals surface area (Å²) in [4.78, 5) is 11.5. The molecule has 2 aliphatic rings. The monoisotopic (exact) mass is 407 g/mol. The second kappa shape index (κ2) is 10.3. The molecule has 0 bridgehead atoms. The second-order valence-corrected chi connectivity index (χ2v) is 8.42. The van der Waals surface area contributed by atoms with Crippen molar-refractivity contribution < 1.29 is 8.78 Å². The lowest BCUT2D eigenvalue weighted by atomic mass is 10.0. The van der Waals surface area contributed by atoms with E-state index in [4.69, 9.17) is 4.99 Å². The fraction of sp³-hybridized carbons (Fsp3) is 0.682. The first-order chi connectivity index (χ1) is 14.0. The normalized spacial score (nSPS) is 21.9. The van der Waals surface area contributed by atoms with Crippen molar-refractivity contribution in [2.45, 2.75) is 32.2 Å². The van der Waals surface area contributed by atoms with Gasteiger partial charge in [0.1, 0.15) is 11.6 Å². The maximum Gasteiger partial charge on any atom is 0.193 e. The third-order valence-corrected chi connectivity index (χ3v) is 6.01. The molecule has 5 nitrogen and oxygen atoms in total. The van der Waals surface area contributed by atoms with Gasteiger partial charge in [0.2, 0.25) is 0 Å². The quantitative estimate of drug-likeness (QED) is 0.557. The van der Waals surface area contributed by atoms with Gasteiger partial charge < -0.3 is 20.0 Å². The zero-order valence-electron chi connectivity index (χ0n) is 18.0. The summed E-state index contributed by atoms with van der Waals surface area (Å²) in [5.74, 6) is 0.470. The van der Waals surface area contributed by atoms with Crippen LogP contribution in [-0.2, 0) is 0 Å². The van der Waals surface area contributed by atoms with E-state index in [0.29, 0.717) is 12.5 Å². The molecule has 29 heavy (non-hydrogen) atoms. The van der Waals surface area contributed by atoms with Crippen molar-refractivity contribution in [3.05, 3.63) is 35.4 Å². The van der Waals surface area contributed by atoms with E-state index in [9.17, 15) is 8.78 Å². The summed E-state index contributed by atoms with van der Waals surface area (Å²) in [6.45, 7) is 8.71. The molecule has 2 atom stereocenters. The number of nitrogens with one attached hydrogen (secondary N) is 1. The topological polar surface area (TPSA) is 34.1 Å². The fourth-order valence-corrected chi connectivity index (χ4v) is 4.44. The molecule has 2 aliphatic heterocycles. The predicted octanol–water partition coefficient (Wildman–Crippen LogP) is 2.95. The van der Waals surface area contributed by atoms with Gasteiger partial charge >= 0.3 is 0 Å². The molecule has 2 fully saturated rings. The van der Waals surface area contributed by atoms with Crippen LogP contribution >= 0.6 is 0 Å². The summed E-state index contributed by atoms with van der Waals surface area (Å²) in [5.41, 5.74) is 0.0884. The maximum absolute atomic E-state index is 14.3. The van der Waals surface area contributed by atoms with Gasteiger partial charge in [-0.15, -0.1) is 0 Å². The van der Waals surface area contributed by atoms with Crippen LogP contribution in [0.3, 0.4) is 0 Å². The van der Waals surface area contributed by atoms with Gasteiger partial charge in [-0.1, -0.05) is 6.07 Å². The molecular formula is C22H35F2N5. The molecule has 0 radical (unpaired) electrons. The summed E-state index contributed by atoms with van der Waals surface area (Å²) in [5, 5.41) is 3.37. The number of benzene rings is 1. The van der Waals surface area contributed by atoms with E-state index in [0.717, 1.165) is 32.1 Å². The Kier molecular flexibility index (Phi) is 7.84. The van der Waals surface area contributed by atoms with Crippen molar-refractivity contribution in [2.24, 2.45) is 10.9 Å². The Bertz CT molecular complexity index is 668. The summed E-state index contributed by atoms with van der Waals surface area (Å²) in [6, 6.07) is 3.58. The third kappa shape index (κ3) is 5.66. The molecule has 0 saturated carbocycles. The molecule has 2 heterocycles. The van der Waals surface area contributed by atoms with Crippen molar-refractivity contribution >= 4 is 5.96 Å². The molecule has 0 aromatic heterocycles. The SMILES string of the molecule is CCNC(=NCC(c1c(F)cccc1F)N(C)C)N1CCC(CN2CCCC2)C1. The average molecular weight is 408 g/mol. The van der Waals surface area contributed by atoms with Crippen LogP contribution in [0.15, 0.2) is 23.2 Å². The highest BCUT2D eigenvalue weighted by atomic mass is 19.1. The van der Waals surface area contributed by atoms with Crippen LogP contribution < -0.4 is 5.32 Å². The van der Waals surface area contributed by atoms with E-state index in [1.165, 1.54) is 50.6 Å². The Labute approximate surface area is 173 Å². The first kappa shape index (κ1) is 22.0.